The number of nitrogens with zero attached hydrogens (tertiary/aromatic N) is 4. The number of hydrogen-bond donors (Lipinski definition) is 2. The van der Waals surface area contributed by atoms with Gasteiger partial charge in [-0.1, -0.05) is 0 Å². The second-order valence-corrected chi connectivity index (χ2v) is 8.30. The standard InChI is InChI=1S/C24H26N4O5/c1-27(23(31)17-2-4-18(5-3-17)33-15-22(29)30)16-24(32)8-12-28(13-9-24)21-7-11-26-20-6-10-25-14-19(20)21/h2-7,10-11,14,32H,8-9,12-13,15-16H2,1H3,(H,29,30). The molecule has 1 aliphatic rings. The number of aliphatic hydroxyl groups is 1. The molecule has 1 aromatic carbocycles. The Bertz CT molecular complexity index is 1140. The SMILES string of the molecule is CN(CC1(O)CCN(c2ccnc3ccncc23)CC1)C(=O)c1ccc(OCC(=O)O)cc1. The molecule has 0 spiro atoms. The van der Waals surface area contributed by atoms with Crippen molar-refractivity contribution >= 4 is 28.5 Å². The number of hydrogen-bond acceptors (Lipinski definition) is 7. The van der Waals surface area contributed by atoms with E-state index in [0.29, 0.717) is 37.2 Å². The van der Waals surface area contributed by atoms with E-state index in [9.17, 15) is 14.7 Å². The van der Waals surface area contributed by atoms with Crippen molar-refractivity contribution in [3.05, 3.63) is 60.6 Å². The Morgan fingerprint density at radius 3 is 2.55 bits per heavy atom. The van der Waals surface area contributed by atoms with Crippen LogP contribution in [0.15, 0.2) is 55.0 Å². The van der Waals surface area contributed by atoms with E-state index in [1.165, 1.54) is 4.90 Å². The Hall–Kier alpha value is -3.72. The molecule has 0 aliphatic carbocycles. The van der Waals surface area contributed by atoms with E-state index in [-0.39, 0.29) is 12.5 Å². The molecule has 33 heavy (non-hydrogen) atoms. The van der Waals surface area contributed by atoms with E-state index in [4.69, 9.17) is 9.84 Å². The third kappa shape index (κ3) is 5.20. The van der Waals surface area contributed by atoms with Gasteiger partial charge in [0, 0.05) is 61.9 Å². The van der Waals surface area contributed by atoms with Gasteiger partial charge < -0.3 is 24.7 Å². The van der Waals surface area contributed by atoms with Crippen molar-refractivity contribution in [3.63, 3.8) is 0 Å². The molecular weight excluding hydrogens is 424 g/mol. The van der Waals surface area contributed by atoms with Crippen LogP contribution in [-0.2, 0) is 4.79 Å². The fourth-order valence-electron chi connectivity index (χ4n) is 4.15. The number of ether oxygens (including phenoxy) is 1. The van der Waals surface area contributed by atoms with Gasteiger partial charge in [-0.05, 0) is 49.2 Å². The average Bonchev–Trinajstić information content (AvgIpc) is 2.82. The Labute approximate surface area is 191 Å². The number of amides is 1. The van der Waals surface area contributed by atoms with Crippen LogP contribution in [0.25, 0.3) is 10.9 Å². The normalized spacial score (nSPS) is 15.3. The van der Waals surface area contributed by atoms with Crippen LogP contribution in [0.2, 0.25) is 0 Å². The molecule has 0 unspecified atom stereocenters. The zero-order valence-electron chi connectivity index (χ0n) is 18.3. The van der Waals surface area contributed by atoms with E-state index in [1.54, 1.807) is 43.7 Å². The maximum absolute atomic E-state index is 12.8. The summed E-state index contributed by atoms with van der Waals surface area (Å²) < 4.78 is 5.10. The van der Waals surface area contributed by atoms with Gasteiger partial charge in [0.2, 0.25) is 0 Å². The summed E-state index contributed by atoms with van der Waals surface area (Å²) in [6, 6.07) is 10.1. The Kier molecular flexibility index (Phi) is 6.41. The zero-order chi connectivity index (χ0) is 23.4. The summed E-state index contributed by atoms with van der Waals surface area (Å²) in [7, 11) is 1.67. The molecule has 9 heteroatoms. The predicted molar refractivity (Wildman–Crippen MR) is 122 cm³/mol. The molecule has 0 bridgehead atoms. The molecule has 3 aromatic rings. The second kappa shape index (κ2) is 9.41. The number of aromatic nitrogens is 2. The highest BCUT2D eigenvalue weighted by Gasteiger charge is 2.35. The van der Waals surface area contributed by atoms with Crippen molar-refractivity contribution in [1.82, 2.24) is 14.9 Å². The number of piperidine rings is 1. The number of carboxylic acids is 1. The minimum atomic E-state index is -1.07. The number of benzene rings is 1. The minimum absolute atomic E-state index is 0.218. The summed E-state index contributed by atoms with van der Waals surface area (Å²) >= 11 is 0. The van der Waals surface area contributed by atoms with E-state index >= 15 is 0 Å². The number of carbonyl (C=O) groups excluding carboxylic acids is 1. The summed E-state index contributed by atoms with van der Waals surface area (Å²) in [5, 5.41) is 20.8. The maximum Gasteiger partial charge on any atom is 0.341 e. The number of rotatable bonds is 7. The molecule has 1 amide bonds. The summed E-state index contributed by atoms with van der Waals surface area (Å²) in [4.78, 5) is 35.8. The highest BCUT2D eigenvalue weighted by atomic mass is 16.5. The lowest BCUT2D eigenvalue weighted by Crippen LogP contribution is -2.51. The first kappa shape index (κ1) is 22.5. The van der Waals surface area contributed by atoms with Crippen LogP contribution in [-0.4, -0.2) is 75.8 Å². The largest absolute Gasteiger partial charge is 0.482 e. The van der Waals surface area contributed by atoms with Gasteiger partial charge in [0.05, 0.1) is 11.1 Å². The van der Waals surface area contributed by atoms with Gasteiger partial charge in [-0.3, -0.25) is 14.8 Å². The number of fused-ring (bicyclic) bond motifs is 1. The summed E-state index contributed by atoms with van der Waals surface area (Å²) in [6.45, 7) is 1.09. The van der Waals surface area contributed by atoms with E-state index in [2.05, 4.69) is 14.9 Å². The van der Waals surface area contributed by atoms with Crippen LogP contribution in [0.4, 0.5) is 5.69 Å². The first-order valence-electron chi connectivity index (χ1n) is 10.7. The topological polar surface area (TPSA) is 116 Å². The number of pyridine rings is 2. The summed E-state index contributed by atoms with van der Waals surface area (Å²) in [5.41, 5.74) is 1.39. The van der Waals surface area contributed by atoms with Gasteiger partial charge >= 0.3 is 5.97 Å². The number of anilines is 1. The number of likely N-dealkylation sites (N-methyl/N-ethyl adjacent to an activating group) is 1. The van der Waals surface area contributed by atoms with Crippen molar-refractivity contribution < 1.29 is 24.5 Å². The molecule has 2 aromatic heterocycles. The summed E-state index contributed by atoms with van der Waals surface area (Å²) in [6.07, 6.45) is 6.36. The first-order valence-corrected chi connectivity index (χ1v) is 10.7. The first-order chi connectivity index (χ1) is 15.8. The molecule has 0 saturated carbocycles. The number of carbonyl (C=O) groups is 2. The fraction of sp³-hybridized carbons (Fsp3) is 0.333. The van der Waals surface area contributed by atoms with Crippen LogP contribution >= 0.6 is 0 Å². The highest BCUT2D eigenvalue weighted by Crippen LogP contribution is 2.31. The lowest BCUT2D eigenvalue weighted by molar-refractivity contribution is -0.139. The molecule has 9 nitrogen and oxygen atoms in total. The van der Waals surface area contributed by atoms with Crippen molar-refractivity contribution in [2.24, 2.45) is 0 Å². The van der Waals surface area contributed by atoms with Gasteiger partial charge in [-0.2, -0.15) is 0 Å². The lowest BCUT2D eigenvalue weighted by atomic mass is 9.90. The maximum atomic E-state index is 12.8. The molecule has 1 aliphatic heterocycles. The molecule has 4 rings (SSSR count). The quantitative estimate of drug-likeness (QED) is 0.563. The van der Waals surface area contributed by atoms with Gasteiger partial charge in [0.25, 0.3) is 5.91 Å². The second-order valence-electron chi connectivity index (χ2n) is 8.30. The summed E-state index contributed by atoms with van der Waals surface area (Å²) in [5.74, 6) is -0.911. The molecule has 2 N–H and O–H groups in total. The molecule has 1 fully saturated rings. The third-order valence-electron chi connectivity index (χ3n) is 5.90. The van der Waals surface area contributed by atoms with Crippen LogP contribution in [0, 0.1) is 0 Å². The Balaban J connectivity index is 1.36. The monoisotopic (exact) mass is 450 g/mol. The van der Waals surface area contributed by atoms with Gasteiger partial charge in [-0.15, -0.1) is 0 Å². The van der Waals surface area contributed by atoms with E-state index < -0.39 is 18.2 Å². The zero-order valence-corrected chi connectivity index (χ0v) is 18.3. The van der Waals surface area contributed by atoms with Gasteiger partial charge in [0.15, 0.2) is 6.61 Å². The predicted octanol–water partition coefficient (Wildman–Crippen LogP) is 2.20. The van der Waals surface area contributed by atoms with Crippen molar-refractivity contribution in [3.8, 4) is 5.75 Å². The smallest absolute Gasteiger partial charge is 0.341 e. The molecule has 0 atom stereocenters. The van der Waals surface area contributed by atoms with Gasteiger partial charge in [0.1, 0.15) is 5.75 Å². The van der Waals surface area contributed by atoms with Crippen molar-refractivity contribution in [2.45, 2.75) is 18.4 Å². The van der Waals surface area contributed by atoms with E-state index in [0.717, 1.165) is 16.6 Å². The van der Waals surface area contributed by atoms with Crippen LogP contribution in [0.3, 0.4) is 0 Å². The molecule has 0 radical (unpaired) electrons. The molecule has 172 valence electrons. The molecular formula is C24H26N4O5. The van der Waals surface area contributed by atoms with Crippen LogP contribution < -0.4 is 9.64 Å². The van der Waals surface area contributed by atoms with Crippen LogP contribution in [0.5, 0.6) is 5.75 Å². The molecule has 1 saturated heterocycles. The minimum Gasteiger partial charge on any atom is -0.482 e. The lowest BCUT2D eigenvalue weighted by Gasteiger charge is -2.41. The highest BCUT2D eigenvalue weighted by molar-refractivity contribution is 5.94. The average molecular weight is 450 g/mol. The Morgan fingerprint density at radius 2 is 1.85 bits per heavy atom. The fourth-order valence-corrected chi connectivity index (χ4v) is 4.15. The number of aliphatic carboxylic acids is 1. The van der Waals surface area contributed by atoms with Crippen molar-refractivity contribution in [1.29, 1.82) is 0 Å². The van der Waals surface area contributed by atoms with Gasteiger partial charge in [-0.25, -0.2) is 4.79 Å². The number of carboxylic acid groups (broad SMARTS) is 1. The molecule has 3 heterocycles. The third-order valence-corrected chi connectivity index (χ3v) is 5.90. The van der Waals surface area contributed by atoms with Crippen LogP contribution in [0.1, 0.15) is 23.2 Å². The van der Waals surface area contributed by atoms with E-state index in [1.807, 2.05) is 18.3 Å². The Morgan fingerprint density at radius 1 is 1.12 bits per heavy atom. The van der Waals surface area contributed by atoms with Crippen molar-refractivity contribution in [2.75, 3.05) is 38.2 Å².